The van der Waals surface area contributed by atoms with Crippen LogP contribution in [-0.4, -0.2) is 50.0 Å². The fourth-order valence-electron chi connectivity index (χ4n) is 4.86. The molecule has 0 aliphatic heterocycles. The van der Waals surface area contributed by atoms with Crippen molar-refractivity contribution in [2.24, 2.45) is 22.4 Å². The zero-order valence-corrected chi connectivity index (χ0v) is 21.2. The highest BCUT2D eigenvalue weighted by Gasteiger charge is 2.28. The van der Waals surface area contributed by atoms with Crippen LogP contribution >= 0.6 is 0 Å². The van der Waals surface area contributed by atoms with Gasteiger partial charge in [0.1, 0.15) is 0 Å². The first kappa shape index (κ1) is 27.4. The molecule has 8 heteroatoms. The van der Waals surface area contributed by atoms with Crippen LogP contribution < -0.4 is 27.4 Å². The van der Waals surface area contributed by atoms with E-state index in [0.29, 0.717) is 31.3 Å². The topological polar surface area (TPSA) is 135 Å². The molecule has 194 valence electrons. The summed E-state index contributed by atoms with van der Waals surface area (Å²) in [5.41, 5.74) is 12.6. The van der Waals surface area contributed by atoms with Gasteiger partial charge in [-0.15, -0.1) is 0 Å². The van der Waals surface area contributed by atoms with Crippen molar-refractivity contribution in [1.29, 1.82) is 0 Å². The Morgan fingerprint density at radius 2 is 1.50 bits per heavy atom. The Kier molecular flexibility index (Phi) is 10.9. The molecule has 0 radical (unpaired) electrons. The van der Waals surface area contributed by atoms with Gasteiger partial charge in [0.25, 0.3) is 0 Å². The molecule has 36 heavy (non-hydrogen) atoms. The molecule has 1 atom stereocenters. The van der Waals surface area contributed by atoms with Gasteiger partial charge in [-0.05, 0) is 69.2 Å². The Morgan fingerprint density at radius 1 is 0.917 bits per heavy atom. The molecule has 8 nitrogen and oxygen atoms in total. The first-order valence-electron chi connectivity index (χ1n) is 12.9. The summed E-state index contributed by atoms with van der Waals surface area (Å²) in [5, 5.41) is 9.49. The third-order valence-electron chi connectivity index (χ3n) is 6.94. The van der Waals surface area contributed by atoms with Crippen molar-refractivity contribution in [1.82, 2.24) is 16.0 Å². The molecule has 2 aromatic rings. The first-order chi connectivity index (χ1) is 17.5. The van der Waals surface area contributed by atoms with Gasteiger partial charge in [0, 0.05) is 12.6 Å². The molecule has 0 aromatic heterocycles. The lowest BCUT2D eigenvalue weighted by Crippen LogP contribution is -2.49. The number of guanidine groups is 1. The minimum atomic E-state index is -0.574. The van der Waals surface area contributed by atoms with E-state index in [1.54, 1.807) is 0 Å². The predicted octanol–water partition coefficient (Wildman–Crippen LogP) is 2.25. The number of carbonyl (C=O) groups excluding carboxylic acids is 2. The maximum Gasteiger partial charge on any atom is 0.243 e. The quantitative estimate of drug-likeness (QED) is 0.175. The summed E-state index contributed by atoms with van der Waals surface area (Å²) < 4.78 is 0. The second kappa shape index (κ2) is 14.4. The van der Waals surface area contributed by atoms with Crippen LogP contribution in [0.3, 0.4) is 0 Å². The number of aliphatic imine (C=N–C) groups is 1. The van der Waals surface area contributed by atoms with Crippen LogP contribution in [0, 0.1) is 5.92 Å². The van der Waals surface area contributed by atoms with Gasteiger partial charge in [-0.2, -0.15) is 0 Å². The fraction of sp³-hybridized carbons (Fsp3) is 0.464. The summed E-state index contributed by atoms with van der Waals surface area (Å²) in [7, 11) is 2.01. The highest BCUT2D eigenvalue weighted by atomic mass is 16.2. The molecular formula is C28H40N6O2. The maximum absolute atomic E-state index is 13.4. The summed E-state index contributed by atoms with van der Waals surface area (Å²) >= 11 is 0. The number of hydrogen-bond acceptors (Lipinski definition) is 5. The molecule has 1 saturated carbocycles. The molecule has 0 spiro atoms. The smallest absolute Gasteiger partial charge is 0.243 e. The van der Waals surface area contributed by atoms with E-state index in [4.69, 9.17) is 11.5 Å². The van der Waals surface area contributed by atoms with E-state index in [0.717, 1.165) is 43.4 Å². The average Bonchev–Trinajstić information content (AvgIpc) is 2.89. The summed E-state index contributed by atoms with van der Waals surface area (Å²) in [5.74, 6) is -0.669. The Bertz CT molecular complexity index is 931. The fourth-order valence-corrected chi connectivity index (χ4v) is 4.86. The number of imide groups is 1. The van der Waals surface area contributed by atoms with Crippen molar-refractivity contribution in [3.63, 3.8) is 0 Å². The largest absolute Gasteiger partial charge is 0.370 e. The zero-order valence-electron chi connectivity index (χ0n) is 21.2. The van der Waals surface area contributed by atoms with Crippen LogP contribution in [-0.2, 0) is 9.59 Å². The van der Waals surface area contributed by atoms with E-state index in [9.17, 15) is 9.59 Å². The van der Waals surface area contributed by atoms with Gasteiger partial charge < -0.3 is 22.1 Å². The first-order valence-corrected chi connectivity index (χ1v) is 12.9. The zero-order chi connectivity index (χ0) is 25.8. The van der Waals surface area contributed by atoms with Gasteiger partial charge >= 0.3 is 0 Å². The van der Waals surface area contributed by atoms with E-state index in [1.807, 2.05) is 67.7 Å². The number of nitrogens with two attached hydrogens (primary N) is 2. The summed E-state index contributed by atoms with van der Waals surface area (Å²) in [6, 6.07) is 19.1. The standard InChI is InChI=1S/C28H40N6O2/c1-31-23-16-14-20(15-17-23)19-33-24(13-8-18-32-28(29)30)26(35)34-27(36)25(21-9-4-2-5-10-21)22-11-6-3-7-12-22/h2-7,9-12,20,23-25,31,33H,8,13-19H2,1H3,(H4,29,30,32)(H,34,35,36)/t20?,23?,24-/m0/s1. The highest BCUT2D eigenvalue weighted by Crippen LogP contribution is 2.25. The molecule has 3 rings (SSSR count). The third-order valence-corrected chi connectivity index (χ3v) is 6.94. The molecule has 0 unspecified atom stereocenters. The highest BCUT2D eigenvalue weighted by molar-refractivity contribution is 6.01. The van der Waals surface area contributed by atoms with E-state index >= 15 is 0 Å². The Morgan fingerprint density at radius 3 is 2.03 bits per heavy atom. The number of rotatable bonds is 12. The van der Waals surface area contributed by atoms with Crippen LogP contribution in [0.25, 0.3) is 0 Å². The summed E-state index contributed by atoms with van der Waals surface area (Å²) in [6.45, 7) is 1.18. The average molecular weight is 493 g/mol. The SMILES string of the molecule is CNC1CCC(CN[C@@H](CCCN=C(N)N)C(=O)NC(=O)C(c2ccccc2)c2ccccc2)CC1. The van der Waals surface area contributed by atoms with Gasteiger partial charge in [0.2, 0.25) is 11.8 Å². The minimum Gasteiger partial charge on any atom is -0.370 e. The van der Waals surface area contributed by atoms with Gasteiger partial charge in [-0.25, -0.2) is 0 Å². The van der Waals surface area contributed by atoms with Gasteiger partial charge in [-0.3, -0.25) is 19.9 Å². The number of amides is 2. The van der Waals surface area contributed by atoms with E-state index in [-0.39, 0.29) is 17.8 Å². The van der Waals surface area contributed by atoms with Crippen LogP contribution in [0.1, 0.15) is 55.6 Å². The molecule has 2 aromatic carbocycles. The van der Waals surface area contributed by atoms with Gasteiger partial charge in [-0.1, -0.05) is 60.7 Å². The molecule has 1 fully saturated rings. The molecule has 0 bridgehead atoms. The van der Waals surface area contributed by atoms with Crippen molar-refractivity contribution in [3.8, 4) is 0 Å². The minimum absolute atomic E-state index is 0.0361. The molecule has 0 saturated heterocycles. The van der Waals surface area contributed by atoms with Crippen LogP contribution in [0.15, 0.2) is 65.7 Å². The van der Waals surface area contributed by atoms with Gasteiger partial charge in [0.15, 0.2) is 5.96 Å². The van der Waals surface area contributed by atoms with Crippen molar-refractivity contribution in [2.75, 3.05) is 20.1 Å². The number of nitrogens with zero attached hydrogens (tertiary/aromatic N) is 1. The van der Waals surface area contributed by atoms with Crippen molar-refractivity contribution < 1.29 is 9.59 Å². The monoisotopic (exact) mass is 492 g/mol. The molecule has 1 aliphatic carbocycles. The second-order valence-corrected chi connectivity index (χ2v) is 9.52. The maximum atomic E-state index is 13.4. The van der Waals surface area contributed by atoms with E-state index in [2.05, 4.69) is 20.9 Å². The van der Waals surface area contributed by atoms with Crippen molar-refractivity contribution in [3.05, 3.63) is 71.8 Å². The van der Waals surface area contributed by atoms with E-state index < -0.39 is 12.0 Å². The Balaban J connectivity index is 1.68. The molecule has 2 amide bonds. The van der Waals surface area contributed by atoms with Crippen LogP contribution in [0.5, 0.6) is 0 Å². The lowest BCUT2D eigenvalue weighted by Gasteiger charge is -2.29. The number of hydrogen-bond donors (Lipinski definition) is 5. The summed E-state index contributed by atoms with van der Waals surface area (Å²) in [6.07, 6.45) is 5.67. The molecule has 1 aliphatic rings. The van der Waals surface area contributed by atoms with Gasteiger partial charge in [0.05, 0.1) is 12.0 Å². The Labute approximate surface area is 214 Å². The van der Waals surface area contributed by atoms with Crippen molar-refractivity contribution >= 4 is 17.8 Å². The van der Waals surface area contributed by atoms with E-state index in [1.165, 1.54) is 0 Å². The van der Waals surface area contributed by atoms with Crippen LogP contribution in [0.4, 0.5) is 0 Å². The van der Waals surface area contributed by atoms with Crippen LogP contribution in [0.2, 0.25) is 0 Å². The number of nitrogens with one attached hydrogen (secondary N) is 3. The lowest BCUT2D eigenvalue weighted by atomic mass is 9.86. The lowest BCUT2D eigenvalue weighted by molar-refractivity contribution is -0.132. The summed E-state index contributed by atoms with van der Waals surface area (Å²) in [4.78, 5) is 30.8. The normalized spacial score (nSPS) is 18.4. The third kappa shape index (κ3) is 8.46. The predicted molar refractivity (Wildman–Crippen MR) is 144 cm³/mol. The molecule has 0 heterocycles. The molecular weight excluding hydrogens is 452 g/mol. The van der Waals surface area contributed by atoms with Crippen molar-refractivity contribution in [2.45, 2.75) is 56.5 Å². The Hall–Kier alpha value is -3.23. The number of benzene rings is 2. The molecule has 7 N–H and O–H groups in total. The second-order valence-electron chi connectivity index (χ2n) is 9.52. The number of carbonyl (C=O) groups is 2.